The van der Waals surface area contributed by atoms with E-state index in [9.17, 15) is 9.59 Å². The fourth-order valence-corrected chi connectivity index (χ4v) is 3.90. The van der Waals surface area contributed by atoms with Crippen LogP contribution in [0.3, 0.4) is 0 Å². The zero-order valence-corrected chi connectivity index (χ0v) is 15.8. The van der Waals surface area contributed by atoms with E-state index in [2.05, 4.69) is 0 Å². The van der Waals surface area contributed by atoms with E-state index in [-0.39, 0.29) is 5.78 Å². The van der Waals surface area contributed by atoms with Crippen LogP contribution in [-0.2, 0) is 14.3 Å². The van der Waals surface area contributed by atoms with Crippen molar-refractivity contribution in [1.82, 2.24) is 0 Å². The Bertz CT molecular complexity index is 879. The van der Waals surface area contributed by atoms with Crippen molar-refractivity contribution in [1.29, 1.82) is 0 Å². The van der Waals surface area contributed by atoms with Gasteiger partial charge in [-0.2, -0.15) is 0 Å². The quantitative estimate of drug-likeness (QED) is 0.566. The number of hydrogen-bond acceptors (Lipinski definition) is 3. The molecule has 3 nitrogen and oxygen atoms in total. The molecule has 25 heavy (non-hydrogen) atoms. The van der Waals surface area contributed by atoms with Crippen molar-refractivity contribution in [2.45, 2.75) is 46.1 Å². The van der Waals surface area contributed by atoms with Gasteiger partial charge in [0, 0.05) is 5.02 Å². The highest BCUT2D eigenvalue weighted by atomic mass is 35.5. The molecule has 2 aromatic carbocycles. The van der Waals surface area contributed by atoms with Crippen LogP contribution in [0.4, 0.5) is 0 Å². The number of Topliss-reactive ketones (excluding diaryl/α,β-unsaturated/α-hetero) is 1. The third kappa shape index (κ3) is 2.87. The van der Waals surface area contributed by atoms with Gasteiger partial charge in [-0.25, -0.2) is 0 Å². The Morgan fingerprint density at radius 2 is 1.60 bits per heavy atom. The predicted octanol–water partition coefficient (Wildman–Crippen LogP) is 4.92. The smallest absolute Gasteiger partial charge is 0.322 e. The summed E-state index contributed by atoms with van der Waals surface area (Å²) in [6, 6.07) is 9.62. The first-order valence-electron chi connectivity index (χ1n) is 8.27. The molecule has 4 heteroatoms. The Hall–Kier alpha value is -2.13. The minimum absolute atomic E-state index is 0.186. The van der Waals surface area contributed by atoms with Gasteiger partial charge in [0.1, 0.15) is 5.92 Å². The second kappa shape index (κ2) is 5.99. The van der Waals surface area contributed by atoms with Crippen LogP contribution in [0.25, 0.3) is 11.1 Å². The van der Waals surface area contributed by atoms with E-state index >= 15 is 0 Å². The molecule has 3 rings (SSSR count). The summed E-state index contributed by atoms with van der Waals surface area (Å²) < 4.78 is 5.32. The number of cyclic esters (lactones) is 1. The Labute approximate surface area is 153 Å². The second-order valence-electron chi connectivity index (χ2n) is 7.16. The molecule has 1 aliphatic rings. The van der Waals surface area contributed by atoms with Crippen LogP contribution in [0.2, 0.25) is 5.02 Å². The molecule has 0 N–H and O–H groups in total. The van der Waals surface area contributed by atoms with Crippen LogP contribution < -0.4 is 0 Å². The van der Waals surface area contributed by atoms with Gasteiger partial charge in [0.25, 0.3) is 0 Å². The first kappa shape index (κ1) is 17.7. The zero-order valence-electron chi connectivity index (χ0n) is 15.1. The summed E-state index contributed by atoms with van der Waals surface area (Å²) in [5.74, 6) is -1.51. The van der Waals surface area contributed by atoms with E-state index in [1.165, 1.54) is 0 Å². The van der Waals surface area contributed by atoms with Crippen LogP contribution in [0, 0.1) is 20.8 Å². The van der Waals surface area contributed by atoms with E-state index < -0.39 is 17.5 Å². The summed E-state index contributed by atoms with van der Waals surface area (Å²) >= 11 is 6.00. The van der Waals surface area contributed by atoms with E-state index in [0.717, 1.165) is 33.4 Å². The van der Waals surface area contributed by atoms with Crippen molar-refractivity contribution in [3.63, 3.8) is 0 Å². The number of benzene rings is 2. The maximum Gasteiger partial charge on any atom is 0.322 e. The minimum Gasteiger partial charge on any atom is -0.451 e. The number of rotatable bonds is 2. The number of carbonyl (C=O) groups is 2. The van der Waals surface area contributed by atoms with Crippen molar-refractivity contribution in [3.8, 4) is 11.1 Å². The molecular weight excluding hydrogens is 336 g/mol. The molecule has 0 radical (unpaired) electrons. The summed E-state index contributed by atoms with van der Waals surface area (Å²) in [4.78, 5) is 25.2. The molecule has 0 spiro atoms. The molecule has 130 valence electrons. The van der Waals surface area contributed by atoms with Crippen molar-refractivity contribution < 1.29 is 14.3 Å². The number of ether oxygens (including phenoxy) is 1. The molecule has 1 atom stereocenters. The summed E-state index contributed by atoms with van der Waals surface area (Å²) in [6.45, 7) is 9.23. The van der Waals surface area contributed by atoms with Crippen molar-refractivity contribution in [2.24, 2.45) is 0 Å². The van der Waals surface area contributed by atoms with Crippen LogP contribution in [0.15, 0.2) is 30.3 Å². The summed E-state index contributed by atoms with van der Waals surface area (Å²) in [5, 5.41) is 0.669. The third-order valence-electron chi connectivity index (χ3n) is 4.90. The van der Waals surface area contributed by atoms with Gasteiger partial charge in [0.15, 0.2) is 11.4 Å². The average molecular weight is 357 g/mol. The molecule has 1 fully saturated rings. The normalized spacial score (nSPS) is 19.2. The van der Waals surface area contributed by atoms with Gasteiger partial charge >= 0.3 is 5.97 Å². The minimum atomic E-state index is -1.08. The third-order valence-corrected chi connectivity index (χ3v) is 5.15. The fourth-order valence-electron chi connectivity index (χ4n) is 3.77. The predicted molar refractivity (Wildman–Crippen MR) is 99.0 cm³/mol. The first-order chi connectivity index (χ1) is 11.6. The average Bonchev–Trinajstić information content (AvgIpc) is 2.70. The van der Waals surface area contributed by atoms with Gasteiger partial charge in [-0.05, 0) is 80.1 Å². The van der Waals surface area contributed by atoms with Gasteiger partial charge in [-0.1, -0.05) is 29.8 Å². The van der Waals surface area contributed by atoms with E-state index in [1.54, 1.807) is 13.8 Å². The van der Waals surface area contributed by atoms with Crippen LogP contribution >= 0.6 is 11.6 Å². The van der Waals surface area contributed by atoms with Crippen molar-refractivity contribution in [3.05, 3.63) is 57.6 Å². The summed E-state index contributed by atoms with van der Waals surface area (Å²) in [6.07, 6.45) is 0. The molecule has 0 aromatic heterocycles. The number of hydrogen-bond donors (Lipinski definition) is 0. The molecule has 1 unspecified atom stereocenters. The lowest BCUT2D eigenvalue weighted by atomic mass is 9.81. The second-order valence-corrected chi connectivity index (χ2v) is 7.60. The first-order valence-corrected chi connectivity index (χ1v) is 8.65. The maximum atomic E-state index is 12.8. The number of carbonyl (C=O) groups excluding carboxylic acids is 2. The topological polar surface area (TPSA) is 43.4 Å². The lowest BCUT2D eigenvalue weighted by Gasteiger charge is -2.20. The Morgan fingerprint density at radius 3 is 2.12 bits per heavy atom. The van der Waals surface area contributed by atoms with Crippen LogP contribution in [-0.4, -0.2) is 17.4 Å². The highest BCUT2D eigenvalue weighted by Crippen LogP contribution is 2.41. The zero-order chi connectivity index (χ0) is 18.5. The maximum absolute atomic E-state index is 12.8. The molecule has 1 heterocycles. The molecule has 0 aliphatic carbocycles. The number of halogens is 1. The Balaban J connectivity index is 2.22. The highest BCUT2D eigenvalue weighted by molar-refractivity contribution is 6.30. The van der Waals surface area contributed by atoms with E-state index in [4.69, 9.17) is 16.3 Å². The fraction of sp³-hybridized carbons (Fsp3) is 0.333. The molecule has 0 amide bonds. The molecule has 2 aromatic rings. The van der Waals surface area contributed by atoms with Crippen LogP contribution in [0.5, 0.6) is 0 Å². The Morgan fingerprint density at radius 1 is 1.00 bits per heavy atom. The number of ketones is 1. The monoisotopic (exact) mass is 356 g/mol. The summed E-state index contributed by atoms with van der Waals surface area (Å²) in [7, 11) is 0. The molecule has 0 bridgehead atoms. The lowest BCUT2D eigenvalue weighted by Crippen LogP contribution is -2.29. The molecule has 1 aliphatic heterocycles. The highest BCUT2D eigenvalue weighted by Gasteiger charge is 2.50. The van der Waals surface area contributed by atoms with Crippen LogP contribution in [0.1, 0.15) is 42.0 Å². The summed E-state index contributed by atoms with van der Waals surface area (Å²) in [5.41, 5.74) is 4.69. The van der Waals surface area contributed by atoms with Gasteiger partial charge in [-0.15, -0.1) is 0 Å². The number of aryl methyl sites for hydroxylation is 2. The molecular formula is C21H21ClO3. The van der Waals surface area contributed by atoms with Crippen molar-refractivity contribution >= 4 is 23.4 Å². The van der Waals surface area contributed by atoms with Crippen molar-refractivity contribution in [2.75, 3.05) is 0 Å². The van der Waals surface area contributed by atoms with Gasteiger partial charge in [-0.3, -0.25) is 9.59 Å². The number of esters is 1. The van der Waals surface area contributed by atoms with Gasteiger partial charge < -0.3 is 4.74 Å². The largest absolute Gasteiger partial charge is 0.451 e. The van der Waals surface area contributed by atoms with Gasteiger partial charge in [0.2, 0.25) is 0 Å². The Kier molecular flexibility index (Phi) is 4.24. The SMILES string of the molecule is Cc1cc(C)c(C2C(=O)OC(C)(C)C2=O)c(C)c1-c1ccc(Cl)cc1. The van der Waals surface area contributed by atoms with E-state index in [0.29, 0.717) is 5.02 Å². The van der Waals surface area contributed by atoms with Gasteiger partial charge in [0.05, 0.1) is 0 Å². The standard InChI is InChI=1S/C21H21ClO3/c1-11-10-12(2)17(18-19(23)21(4,5)25-20(18)24)13(3)16(11)14-6-8-15(22)9-7-14/h6-10,18H,1-5H3. The molecule has 1 saturated heterocycles. The molecule has 0 saturated carbocycles. The van der Waals surface area contributed by atoms with E-state index in [1.807, 2.05) is 51.1 Å². The lowest BCUT2D eigenvalue weighted by molar-refractivity contribution is -0.148.